The Balaban J connectivity index is 1.57. The maximum Gasteiger partial charge on any atom is 0.238 e. The van der Waals surface area contributed by atoms with Crippen molar-refractivity contribution in [3.8, 4) is 0 Å². The largest absolute Gasteiger partial charge is 0.332 e. The summed E-state index contributed by atoms with van der Waals surface area (Å²) in [5, 5.41) is 1.97. The number of halogens is 1. The van der Waals surface area contributed by atoms with Crippen LogP contribution in [-0.2, 0) is 32.7 Å². The predicted octanol–water partition coefficient (Wildman–Crippen LogP) is 5.16. The van der Waals surface area contributed by atoms with Gasteiger partial charge in [-0.15, -0.1) is 11.3 Å². The third kappa shape index (κ3) is 5.40. The third-order valence-corrected chi connectivity index (χ3v) is 11.7. The lowest BCUT2D eigenvalue weighted by Crippen LogP contribution is -2.49. The maximum atomic E-state index is 13.8. The molecule has 1 amide bonds. The highest BCUT2D eigenvalue weighted by atomic mass is 32.2. The Morgan fingerprint density at radius 2 is 1.86 bits per heavy atom. The number of benzene rings is 1. The number of sulfonamides is 1. The van der Waals surface area contributed by atoms with Crippen molar-refractivity contribution in [3.05, 3.63) is 57.5 Å². The summed E-state index contributed by atoms with van der Waals surface area (Å²) in [4.78, 5) is 29.3. The van der Waals surface area contributed by atoms with Crippen LogP contribution >= 0.6 is 11.3 Å². The zero-order chi connectivity index (χ0) is 27.0. The van der Waals surface area contributed by atoms with Crippen LogP contribution in [-0.4, -0.2) is 48.2 Å². The lowest BCUT2D eigenvalue weighted by Gasteiger charge is -2.37. The Kier molecular flexibility index (Phi) is 7.98. The smallest absolute Gasteiger partial charge is 0.238 e. The molecule has 2 saturated carbocycles. The Morgan fingerprint density at radius 1 is 1.16 bits per heavy atom. The van der Waals surface area contributed by atoms with Gasteiger partial charge in [-0.1, -0.05) is 32.9 Å². The van der Waals surface area contributed by atoms with Gasteiger partial charge in [-0.2, -0.15) is 4.31 Å². The van der Waals surface area contributed by atoms with E-state index in [0.29, 0.717) is 25.8 Å². The van der Waals surface area contributed by atoms with Crippen molar-refractivity contribution in [1.29, 1.82) is 0 Å². The highest BCUT2D eigenvalue weighted by Gasteiger charge is 2.65. The molecular formula is C28H37FN2O4S2. The van der Waals surface area contributed by atoms with E-state index in [1.54, 1.807) is 28.4 Å². The number of nitrogens with zero attached hydrogens (tertiary/aromatic N) is 2. The Hall–Kier alpha value is -2.10. The second kappa shape index (κ2) is 10.6. The molecule has 4 rings (SSSR count). The number of carbonyl (C=O) groups excluding carboxylic acids is 2. The average molecular weight is 549 g/mol. The molecular weight excluding hydrogens is 511 g/mol. The zero-order valence-corrected chi connectivity index (χ0v) is 23.8. The summed E-state index contributed by atoms with van der Waals surface area (Å²) in [5.74, 6) is -0.637. The minimum Gasteiger partial charge on any atom is -0.332 e. The van der Waals surface area contributed by atoms with Crippen LogP contribution in [0.3, 0.4) is 0 Å². The van der Waals surface area contributed by atoms with Crippen molar-refractivity contribution in [2.75, 3.05) is 18.8 Å². The lowest BCUT2D eigenvalue weighted by molar-refractivity contribution is -0.132. The molecule has 2 aliphatic rings. The minimum absolute atomic E-state index is 0.0474. The SMILES string of the molecule is CCCN(CC(=O)N(Cc1ccc(F)cc1)Cc1sccc1C)S(=O)(=O)CC12CCC(CC1=O)C2(C)C. The van der Waals surface area contributed by atoms with Crippen molar-refractivity contribution in [3.63, 3.8) is 0 Å². The van der Waals surface area contributed by atoms with Crippen LogP contribution in [0, 0.1) is 29.5 Å². The van der Waals surface area contributed by atoms with E-state index >= 15 is 0 Å². The van der Waals surface area contributed by atoms with E-state index in [9.17, 15) is 22.4 Å². The number of aryl methyl sites for hydroxylation is 1. The molecule has 1 aromatic carbocycles. The molecule has 9 heteroatoms. The van der Waals surface area contributed by atoms with Crippen molar-refractivity contribution >= 4 is 33.1 Å². The Morgan fingerprint density at radius 3 is 2.41 bits per heavy atom. The molecule has 0 radical (unpaired) electrons. The quantitative estimate of drug-likeness (QED) is 0.389. The number of carbonyl (C=O) groups is 2. The van der Waals surface area contributed by atoms with Crippen LogP contribution in [0.15, 0.2) is 35.7 Å². The Labute approximate surface area is 223 Å². The lowest BCUT2D eigenvalue weighted by atomic mass is 9.70. The molecule has 0 aliphatic heterocycles. The van der Waals surface area contributed by atoms with E-state index in [4.69, 9.17) is 0 Å². The van der Waals surface area contributed by atoms with Crippen LogP contribution in [0.25, 0.3) is 0 Å². The molecule has 1 aromatic heterocycles. The molecule has 2 fully saturated rings. The molecule has 2 aliphatic carbocycles. The summed E-state index contributed by atoms with van der Waals surface area (Å²) in [6.07, 6.45) is 2.46. The number of ketones is 1. The van der Waals surface area contributed by atoms with Gasteiger partial charge in [0.1, 0.15) is 11.6 Å². The summed E-state index contributed by atoms with van der Waals surface area (Å²) in [7, 11) is -3.87. The number of hydrogen-bond donors (Lipinski definition) is 0. The zero-order valence-electron chi connectivity index (χ0n) is 22.1. The highest BCUT2D eigenvalue weighted by molar-refractivity contribution is 7.89. The molecule has 2 unspecified atom stereocenters. The Bertz CT molecular complexity index is 1260. The molecule has 37 heavy (non-hydrogen) atoms. The van der Waals surface area contributed by atoms with Gasteiger partial charge in [0.2, 0.25) is 15.9 Å². The summed E-state index contributed by atoms with van der Waals surface area (Å²) < 4.78 is 42.3. The van der Waals surface area contributed by atoms with Gasteiger partial charge in [-0.3, -0.25) is 9.59 Å². The minimum atomic E-state index is -3.87. The van der Waals surface area contributed by atoms with Crippen LogP contribution in [0.1, 0.15) is 62.5 Å². The number of amides is 1. The van der Waals surface area contributed by atoms with Gasteiger partial charge in [0, 0.05) is 29.8 Å². The van der Waals surface area contributed by atoms with E-state index in [-0.39, 0.29) is 54.2 Å². The first-order valence-corrected chi connectivity index (χ1v) is 15.4. The van der Waals surface area contributed by atoms with Gasteiger partial charge in [0.05, 0.1) is 18.8 Å². The van der Waals surface area contributed by atoms with E-state index in [0.717, 1.165) is 22.4 Å². The van der Waals surface area contributed by atoms with Crippen molar-refractivity contribution in [2.45, 2.75) is 66.5 Å². The van der Waals surface area contributed by atoms with Gasteiger partial charge >= 0.3 is 0 Å². The van der Waals surface area contributed by atoms with Gasteiger partial charge < -0.3 is 4.90 Å². The number of Topliss-reactive ketones (excluding diaryl/α,β-unsaturated/α-hetero) is 1. The fourth-order valence-corrected chi connectivity index (χ4v) is 9.28. The molecule has 0 N–H and O–H groups in total. The topological polar surface area (TPSA) is 74.8 Å². The maximum absolute atomic E-state index is 13.8. The highest BCUT2D eigenvalue weighted by Crippen LogP contribution is 2.64. The average Bonchev–Trinajstić information content (AvgIpc) is 3.40. The molecule has 2 aromatic rings. The van der Waals surface area contributed by atoms with Gasteiger partial charge in [0.25, 0.3) is 0 Å². The van der Waals surface area contributed by atoms with Crippen molar-refractivity contribution in [2.24, 2.45) is 16.7 Å². The number of fused-ring (bicyclic) bond motifs is 2. The predicted molar refractivity (Wildman–Crippen MR) is 144 cm³/mol. The second-order valence-electron chi connectivity index (χ2n) is 11.2. The standard InChI is InChI=1S/C28H37FN2O4S2/c1-5-13-31(37(34,35)19-28-12-10-22(15-25(28)32)27(28,3)4)18-26(33)30(17-24-20(2)11-14-36-24)16-21-6-8-23(29)9-7-21/h6-9,11,14,22H,5,10,12-13,15-19H2,1-4H3. The summed E-state index contributed by atoms with van der Waals surface area (Å²) in [6.45, 7) is 8.43. The van der Waals surface area contributed by atoms with E-state index in [1.165, 1.54) is 16.4 Å². The molecule has 1 heterocycles. The second-order valence-corrected chi connectivity index (χ2v) is 14.1. The fraction of sp³-hybridized carbons (Fsp3) is 0.571. The van der Waals surface area contributed by atoms with Crippen molar-refractivity contribution < 1.29 is 22.4 Å². The molecule has 2 atom stereocenters. The number of thiophene rings is 1. The fourth-order valence-electron chi connectivity index (χ4n) is 6.11. The van der Waals surface area contributed by atoms with Crippen LogP contribution in [0.5, 0.6) is 0 Å². The first-order valence-electron chi connectivity index (χ1n) is 13.0. The van der Waals surface area contributed by atoms with E-state index in [1.807, 2.05) is 39.1 Å². The number of hydrogen-bond acceptors (Lipinski definition) is 5. The molecule has 0 spiro atoms. The van der Waals surface area contributed by atoms with E-state index < -0.39 is 15.4 Å². The molecule has 2 bridgehead atoms. The van der Waals surface area contributed by atoms with Gasteiger partial charge in [0.15, 0.2) is 0 Å². The first-order chi connectivity index (χ1) is 17.4. The molecule has 0 saturated heterocycles. The molecule has 202 valence electrons. The summed E-state index contributed by atoms with van der Waals surface area (Å²) in [5.41, 5.74) is 0.581. The van der Waals surface area contributed by atoms with E-state index in [2.05, 4.69) is 0 Å². The van der Waals surface area contributed by atoms with Crippen LogP contribution in [0.4, 0.5) is 4.39 Å². The van der Waals surface area contributed by atoms with Gasteiger partial charge in [-0.25, -0.2) is 12.8 Å². The van der Waals surface area contributed by atoms with Crippen LogP contribution < -0.4 is 0 Å². The van der Waals surface area contributed by atoms with Crippen molar-refractivity contribution in [1.82, 2.24) is 9.21 Å². The van der Waals surface area contributed by atoms with Crippen LogP contribution in [0.2, 0.25) is 0 Å². The first kappa shape index (κ1) is 27.9. The third-order valence-electron chi connectivity index (χ3n) is 8.69. The molecule has 6 nitrogen and oxygen atoms in total. The normalized spacial score (nSPS) is 22.6. The number of rotatable bonds is 11. The summed E-state index contributed by atoms with van der Waals surface area (Å²) >= 11 is 1.55. The van der Waals surface area contributed by atoms with Gasteiger partial charge in [-0.05, 0) is 72.2 Å². The monoisotopic (exact) mass is 548 g/mol. The summed E-state index contributed by atoms with van der Waals surface area (Å²) in [6, 6.07) is 7.98.